The van der Waals surface area contributed by atoms with Gasteiger partial charge in [0.15, 0.2) is 0 Å². The Balaban J connectivity index is -0.000000232. The highest BCUT2D eigenvalue weighted by molar-refractivity contribution is 5.75. The van der Waals surface area contributed by atoms with Gasteiger partial charge in [0.05, 0.1) is 12.2 Å². The summed E-state index contributed by atoms with van der Waals surface area (Å²) in [5.41, 5.74) is 5.07. The molecule has 1 rings (SSSR count). The first kappa shape index (κ1) is 27.4. The molecule has 1 heterocycles. The summed E-state index contributed by atoms with van der Waals surface area (Å²) in [5, 5.41) is 17.0. The number of carbonyl (C=O) groups is 1. The third-order valence-corrected chi connectivity index (χ3v) is 2.72. The van der Waals surface area contributed by atoms with Gasteiger partial charge in [-0.1, -0.05) is 20.3 Å². The van der Waals surface area contributed by atoms with Crippen molar-refractivity contribution >= 4 is 5.78 Å². The van der Waals surface area contributed by atoms with Crippen LogP contribution >= 0.6 is 0 Å². The third-order valence-electron chi connectivity index (χ3n) is 2.72. The van der Waals surface area contributed by atoms with E-state index in [0.717, 1.165) is 38.9 Å². The van der Waals surface area contributed by atoms with Crippen LogP contribution in [0.4, 0.5) is 0 Å². The first-order valence-corrected chi connectivity index (χ1v) is 8.95. The van der Waals surface area contributed by atoms with Crippen molar-refractivity contribution in [3.8, 4) is 0 Å². The Hall–Kier alpha value is -0.490. The molecule has 142 valence electrons. The minimum absolute atomic E-state index is 0.102. The molecule has 0 bridgehead atoms. The highest BCUT2D eigenvalue weighted by Crippen LogP contribution is 1.98. The summed E-state index contributed by atoms with van der Waals surface area (Å²) >= 11 is 0. The fraction of sp³-hybridized carbons (Fsp3) is 0.944. The molecule has 1 saturated heterocycles. The fourth-order valence-corrected chi connectivity index (χ4v) is 1.52. The number of Topliss-reactive ketones (excluding diaryl/α,β-unsaturated/α-hetero) is 1. The number of hydrogen-bond donors (Lipinski definition) is 3. The first-order chi connectivity index (χ1) is 10.8. The second-order valence-corrected chi connectivity index (χ2v) is 5.84. The molecule has 4 N–H and O–H groups in total. The average Bonchev–Trinajstić information content (AvgIpc) is 2.98. The van der Waals surface area contributed by atoms with Crippen LogP contribution in [-0.4, -0.2) is 48.0 Å². The van der Waals surface area contributed by atoms with Crippen molar-refractivity contribution in [3.05, 3.63) is 0 Å². The Kier molecular flexibility index (Phi) is 28.3. The molecule has 0 saturated carbocycles. The highest BCUT2D eigenvalue weighted by atomic mass is 16.5. The summed E-state index contributed by atoms with van der Waals surface area (Å²) in [6.45, 7) is 11.8. The molecule has 23 heavy (non-hydrogen) atoms. The molecule has 5 nitrogen and oxygen atoms in total. The zero-order chi connectivity index (χ0) is 18.5. The molecule has 0 aromatic rings. The molecule has 0 aromatic heterocycles. The highest BCUT2D eigenvalue weighted by Gasteiger charge is 1.94. The van der Waals surface area contributed by atoms with Crippen LogP contribution in [0, 0.1) is 0 Å². The van der Waals surface area contributed by atoms with Gasteiger partial charge in [-0.3, -0.25) is 0 Å². The molecule has 5 heteroatoms. The van der Waals surface area contributed by atoms with Gasteiger partial charge in [0.25, 0.3) is 0 Å². The SMILES string of the molecule is C1CCOC1.CC(O)CCN.CCCC(C)=O.CCCC(C)O. The lowest BCUT2D eigenvalue weighted by molar-refractivity contribution is -0.117. The van der Waals surface area contributed by atoms with Crippen LogP contribution in [0.1, 0.15) is 79.6 Å². The molecule has 0 aliphatic carbocycles. The summed E-state index contributed by atoms with van der Waals surface area (Å²) in [5.74, 6) is 0.289. The van der Waals surface area contributed by atoms with E-state index in [0.29, 0.717) is 13.0 Å². The predicted molar refractivity (Wildman–Crippen MR) is 97.6 cm³/mol. The van der Waals surface area contributed by atoms with Crippen LogP contribution in [0.3, 0.4) is 0 Å². The Morgan fingerprint density at radius 1 is 1.04 bits per heavy atom. The Bertz CT molecular complexity index is 199. The normalized spacial score (nSPS) is 15.0. The largest absolute Gasteiger partial charge is 0.393 e. The minimum atomic E-state index is -0.227. The molecule has 1 aliphatic rings. The van der Waals surface area contributed by atoms with Crippen LogP contribution in [0.25, 0.3) is 0 Å². The van der Waals surface area contributed by atoms with Crippen molar-refractivity contribution in [3.63, 3.8) is 0 Å². The molecule has 2 unspecified atom stereocenters. The molecule has 1 aliphatic heterocycles. The van der Waals surface area contributed by atoms with Gasteiger partial charge < -0.3 is 25.5 Å². The Labute approximate surface area is 143 Å². The standard InChI is InChI=1S/C5H12O.C5H10O.C4H11NO.C4H8O/c2*1-3-4-5(2)6;1-4(6)2-3-5;1-2-4-5-3-1/h5-6H,3-4H2,1-2H3;3-4H2,1-2H3;4,6H,2-3,5H2,1H3;1-4H2. The quantitative estimate of drug-likeness (QED) is 0.694. The van der Waals surface area contributed by atoms with Crippen LogP contribution in [0.15, 0.2) is 0 Å². The molecular weight excluding hydrogens is 294 g/mol. The van der Waals surface area contributed by atoms with E-state index in [9.17, 15) is 4.79 Å². The number of ketones is 1. The van der Waals surface area contributed by atoms with Crippen molar-refractivity contribution in [2.45, 2.75) is 91.8 Å². The van der Waals surface area contributed by atoms with Crippen molar-refractivity contribution in [2.24, 2.45) is 5.73 Å². The smallest absolute Gasteiger partial charge is 0.129 e. The van der Waals surface area contributed by atoms with Gasteiger partial charge in [-0.05, 0) is 59.4 Å². The second-order valence-electron chi connectivity index (χ2n) is 5.84. The van der Waals surface area contributed by atoms with Gasteiger partial charge in [-0.25, -0.2) is 0 Å². The molecule has 0 radical (unpaired) electrons. The maximum atomic E-state index is 10.0. The first-order valence-electron chi connectivity index (χ1n) is 8.95. The van der Waals surface area contributed by atoms with Crippen LogP contribution in [0.2, 0.25) is 0 Å². The van der Waals surface area contributed by atoms with E-state index in [2.05, 4.69) is 6.92 Å². The van der Waals surface area contributed by atoms with Gasteiger partial charge in [-0.2, -0.15) is 0 Å². The molecule has 0 spiro atoms. The van der Waals surface area contributed by atoms with Crippen molar-refractivity contribution < 1.29 is 19.7 Å². The van der Waals surface area contributed by atoms with Gasteiger partial charge in [0, 0.05) is 19.6 Å². The number of aliphatic hydroxyl groups excluding tert-OH is 2. The third kappa shape index (κ3) is 44.9. The van der Waals surface area contributed by atoms with E-state index in [4.69, 9.17) is 20.7 Å². The van der Waals surface area contributed by atoms with Gasteiger partial charge in [0.2, 0.25) is 0 Å². The minimum Gasteiger partial charge on any atom is -0.393 e. The molecule has 2 atom stereocenters. The molecule has 1 fully saturated rings. The molecule has 0 aromatic carbocycles. The van der Waals surface area contributed by atoms with Gasteiger partial charge in [0.1, 0.15) is 5.78 Å². The fourth-order valence-electron chi connectivity index (χ4n) is 1.52. The van der Waals surface area contributed by atoms with E-state index >= 15 is 0 Å². The van der Waals surface area contributed by atoms with E-state index in [1.165, 1.54) is 12.8 Å². The maximum absolute atomic E-state index is 10.0. The zero-order valence-electron chi connectivity index (χ0n) is 16.0. The van der Waals surface area contributed by atoms with E-state index in [1.807, 2.05) is 13.8 Å². The molecular formula is C18H41NO4. The number of hydrogen-bond acceptors (Lipinski definition) is 5. The van der Waals surface area contributed by atoms with E-state index in [1.54, 1.807) is 13.8 Å². The van der Waals surface area contributed by atoms with Gasteiger partial charge >= 0.3 is 0 Å². The number of ether oxygens (including phenoxy) is 1. The van der Waals surface area contributed by atoms with Crippen LogP contribution in [-0.2, 0) is 9.53 Å². The summed E-state index contributed by atoms with van der Waals surface area (Å²) in [4.78, 5) is 10.0. The average molecular weight is 336 g/mol. The summed E-state index contributed by atoms with van der Waals surface area (Å²) in [6, 6.07) is 0. The molecule has 0 amide bonds. The van der Waals surface area contributed by atoms with Crippen molar-refractivity contribution in [1.82, 2.24) is 0 Å². The Morgan fingerprint density at radius 2 is 1.52 bits per heavy atom. The zero-order valence-corrected chi connectivity index (χ0v) is 16.0. The van der Waals surface area contributed by atoms with Crippen LogP contribution < -0.4 is 5.73 Å². The van der Waals surface area contributed by atoms with Crippen molar-refractivity contribution in [1.29, 1.82) is 0 Å². The second kappa shape index (κ2) is 23.8. The van der Waals surface area contributed by atoms with Crippen LogP contribution in [0.5, 0.6) is 0 Å². The summed E-state index contributed by atoms with van der Waals surface area (Å²) in [7, 11) is 0. The lowest BCUT2D eigenvalue weighted by Gasteiger charge is -1.95. The summed E-state index contributed by atoms with van der Waals surface area (Å²) in [6.07, 6.45) is 6.66. The summed E-state index contributed by atoms with van der Waals surface area (Å²) < 4.78 is 4.94. The van der Waals surface area contributed by atoms with E-state index in [-0.39, 0.29) is 18.0 Å². The number of aliphatic hydroxyl groups is 2. The van der Waals surface area contributed by atoms with E-state index < -0.39 is 0 Å². The number of nitrogens with two attached hydrogens (primary N) is 1. The Morgan fingerprint density at radius 3 is 1.57 bits per heavy atom. The lowest BCUT2D eigenvalue weighted by atomic mass is 10.2. The van der Waals surface area contributed by atoms with Crippen molar-refractivity contribution in [2.75, 3.05) is 19.8 Å². The maximum Gasteiger partial charge on any atom is 0.129 e. The topological polar surface area (TPSA) is 92.8 Å². The monoisotopic (exact) mass is 335 g/mol. The number of carbonyl (C=O) groups excluding carboxylic acids is 1. The predicted octanol–water partition coefficient (Wildman–Crippen LogP) is 3.06. The lowest BCUT2D eigenvalue weighted by Crippen LogP contribution is -2.08. The number of rotatable bonds is 6. The van der Waals surface area contributed by atoms with Gasteiger partial charge in [-0.15, -0.1) is 0 Å².